The number of ketones is 1. The SMILES string of the molecule is Cc1cccc(C2C(C(=O)c3cc4ccccc4o3)=C(O)C(=O)N2c2cc(F)ccc2F)c1. The zero-order valence-electron chi connectivity index (χ0n) is 17.4. The van der Waals surface area contributed by atoms with Crippen LogP contribution in [-0.2, 0) is 4.79 Å². The predicted octanol–water partition coefficient (Wildman–Crippen LogP) is 5.80. The molecule has 0 bridgehead atoms. The number of hydrogen-bond acceptors (Lipinski definition) is 4. The predicted molar refractivity (Wildman–Crippen MR) is 118 cm³/mol. The zero-order valence-corrected chi connectivity index (χ0v) is 17.4. The van der Waals surface area contributed by atoms with Gasteiger partial charge in [0.2, 0.25) is 5.78 Å². The van der Waals surface area contributed by atoms with Gasteiger partial charge in [0.25, 0.3) is 5.91 Å². The third-order valence-corrected chi connectivity index (χ3v) is 5.63. The molecule has 0 spiro atoms. The summed E-state index contributed by atoms with van der Waals surface area (Å²) in [6.45, 7) is 1.82. The lowest BCUT2D eigenvalue weighted by atomic mass is 9.93. The first-order valence-corrected chi connectivity index (χ1v) is 10.2. The second-order valence-electron chi connectivity index (χ2n) is 7.83. The van der Waals surface area contributed by atoms with Crippen molar-refractivity contribution in [1.29, 1.82) is 0 Å². The second kappa shape index (κ2) is 7.70. The number of amides is 1. The Kier molecular flexibility index (Phi) is 4.82. The third kappa shape index (κ3) is 3.38. The molecule has 2 heterocycles. The van der Waals surface area contributed by atoms with Gasteiger partial charge in [-0.1, -0.05) is 48.0 Å². The van der Waals surface area contributed by atoms with Crippen LogP contribution in [0.1, 0.15) is 27.7 Å². The van der Waals surface area contributed by atoms with E-state index in [4.69, 9.17) is 4.42 Å². The van der Waals surface area contributed by atoms with Gasteiger partial charge in [-0.25, -0.2) is 8.78 Å². The summed E-state index contributed by atoms with van der Waals surface area (Å²) in [6, 6.07) is 16.9. The Labute approximate surface area is 187 Å². The standard InChI is InChI=1S/C26H17F2NO4/c1-14-5-4-7-16(11-14)23-22(24(30)21-12-15-6-2-3-8-20(15)33-21)25(31)26(32)29(23)19-13-17(27)9-10-18(19)28/h2-13,23,31H,1H3. The van der Waals surface area contributed by atoms with E-state index >= 15 is 0 Å². The quantitative estimate of drug-likeness (QED) is 0.403. The van der Waals surface area contributed by atoms with Gasteiger partial charge in [-0.05, 0) is 36.8 Å². The first-order chi connectivity index (χ1) is 15.8. The lowest BCUT2D eigenvalue weighted by Crippen LogP contribution is -2.32. The summed E-state index contributed by atoms with van der Waals surface area (Å²) in [5.74, 6) is -4.28. The largest absolute Gasteiger partial charge is 0.503 e. The zero-order chi connectivity index (χ0) is 23.3. The van der Waals surface area contributed by atoms with Crippen LogP contribution in [-0.4, -0.2) is 16.8 Å². The smallest absolute Gasteiger partial charge is 0.294 e. The number of aliphatic hydroxyl groups excluding tert-OH is 1. The number of nitrogens with zero attached hydrogens (tertiary/aromatic N) is 1. The van der Waals surface area contributed by atoms with Crippen molar-refractivity contribution < 1.29 is 27.9 Å². The van der Waals surface area contributed by atoms with E-state index in [0.717, 1.165) is 28.7 Å². The molecule has 164 valence electrons. The van der Waals surface area contributed by atoms with E-state index < -0.39 is 35.1 Å². The number of hydrogen-bond donors (Lipinski definition) is 1. The van der Waals surface area contributed by atoms with E-state index in [-0.39, 0.29) is 17.0 Å². The Morgan fingerprint density at radius 3 is 2.55 bits per heavy atom. The van der Waals surface area contributed by atoms with E-state index in [9.17, 15) is 23.5 Å². The van der Waals surface area contributed by atoms with Crippen molar-refractivity contribution in [2.75, 3.05) is 4.90 Å². The highest BCUT2D eigenvalue weighted by Crippen LogP contribution is 2.43. The number of carbonyl (C=O) groups excluding carboxylic acids is 2. The minimum Gasteiger partial charge on any atom is -0.503 e. The van der Waals surface area contributed by atoms with Gasteiger partial charge in [-0.3, -0.25) is 14.5 Å². The summed E-state index contributed by atoms with van der Waals surface area (Å²) in [6.07, 6.45) is 0. The number of benzene rings is 3. The molecule has 7 heteroatoms. The van der Waals surface area contributed by atoms with Gasteiger partial charge in [-0.2, -0.15) is 0 Å². The maximum absolute atomic E-state index is 14.7. The van der Waals surface area contributed by atoms with Crippen LogP contribution in [0.2, 0.25) is 0 Å². The van der Waals surface area contributed by atoms with Crippen LogP contribution in [0.4, 0.5) is 14.5 Å². The first-order valence-electron chi connectivity index (χ1n) is 10.2. The summed E-state index contributed by atoms with van der Waals surface area (Å²) >= 11 is 0. The molecule has 1 aromatic heterocycles. The summed E-state index contributed by atoms with van der Waals surface area (Å²) in [5.41, 5.74) is 1.08. The molecule has 0 fully saturated rings. The lowest BCUT2D eigenvalue weighted by molar-refractivity contribution is -0.117. The van der Waals surface area contributed by atoms with Crippen LogP contribution >= 0.6 is 0 Å². The summed E-state index contributed by atoms with van der Waals surface area (Å²) in [4.78, 5) is 27.5. The number of para-hydroxylation sites is 1. The fraction of sp³-hybridized carbons (Fsp3) is 0.0769. The van der Waals surface area contributed by atoms with Crippen molar-refractivity contribution in [3.8, 4) is 0 Å². The second-order valence-corrected chi connectivity index (χ2v) is 7.83. The molecule has 1 aliphatic heterocycles. The fourth-order valence-corrected chi connectivity index (χ4v) is 4.14. The van der Waals surface area contributed by atoms with Crippen molar-refractivity contribution >= 4 is 28.3 Å². The third-order valence-electron chi connectivity index (χ3n) is 5.63. The van der Waals surface area contributed by atoms with Crippen molar-refractivity contribution in [2.45, 2.75) is 13.0 Å². The number of halogens is 2. The number of anilines is 1. The average molecular weight is 445 g/mol. The van der Waals surface area contributed by atoms with E-state index in [0.29, 0.717) is 16.5 Å². The molecular weight excluding hydrogens is 428 g/mol. The maximum Gasteiger partial charge on any atom is 0.294 e. The minimum atomic E-state index is -1.19. The van der Waals surface area contributed by atoms with Crippen molar-refractivity contribution in [1.82, 2.24) is 0 Å². The number of rotatable bonds is 4. The van der Waals surface area contributed by atoms with Gasteiger partial charge in [0, 0.05) is 11.5 Å². The summed E-state index contributed by atoms with van der Waals surface area (Å²) in [7, 11) is 0. The molecule has 1 aliphatic rings. The number of aliphatic hydroxyl groups is 1. The van der Waals surface area contributed by atoms with E-state index in [1.807, 2.05) is 13.0 Å². The van der Waals surface area contributed by atoms with Crippen molar-refractivity contribution in [3.63, 3.8) is 0 Å². The Hall–Kier alpha value is -4.26. The minimum absolute atomic E-state index is 0.0789. The number of carbonyl (C=O) groups is 2. The van der Waals surface area contributed by atoms with Crippen LogP contribution in [0.15, 0.2) is 88.5 Å². The molecule has 1 unspecified atom stereocenters. The number of aryl methyl sites for hydroxylation is 1. The van der Waals surface area contributed by atoms with Gasteiger partial charge in [0.05, 0.1) is 17.3 Å². The maximum atomic E-state index is 14.7. The van der Waals surface area contributed by atoms with E-state index in [1.54, 1.807) is 42.5 Å². The van der Waals surface area contributed by atoms with Gasteiger partial charge < -0.3 is 9.52 Å². The highest BCUT2D eigenvalue weighted by Gasteiger charge is 2.46. The number of furan rings is 1. The fourth-order valence-electron chi connectivity index (χ4n) is 4.14. The normalized spacial score (nSPS) is 16.2. The molecule has 0 radical (unpaired) electrons. The molecule has 0 aliphatic carbocycles. The topological polar surface area (TPSA) is 70.7 Å². The van der Waals surface area contributed by atoms with Crippen LogP contribution in [0.3, 0.4) is 0 Å². The highest BCUT2D eigenvalue weighted by molar-refractivity contribution is 6.20. The molecule has 1 amide bonds. The lowest BCUT2D eigenvalue weighted by Gasteiger charge is -2.27. The highest BCUT2D eigenvalue weighted by atomic mass is 19.1. The van der Waals surface area contributed by atoms with Gasteiger partial charge in [-0.15, -0.1) is 0 Å². The molecule has 1 N–H and O–H groups in total. The van der Waals surface area contributed by atoms with Crippen LogP contribution in [0, 0.1) is 18.6 Å². The Bertz CT molecular complexity index is 1440. The molecule has 0 saturated heterocycles. The average Bonchev–Trinajstić information content (AvgIpc) is 3.34. The molecule has 3 aromatic carbocycles. The Balaban J connectivity index is 1.70. The molecule has 33 heavy (non-hydrogen) atoms. The molecule has 4 aromatic rings. The first kappa shape index (κ1) is 20.6. The van der Waals surface area contributed by atoms with Crippen molar-refractivity contribution in [2.24, 2.45) is 0 Å². The van der Waals surface area contributed by atoms with Gasteiger partial charge >= 0.3 is 0 Å². The summed E-state index contributed by atoms with van der Waals surface area (Å²) in [5, 5.41) is 11.4. The Morgan fingerprint density at radius 1 is 1.00 bits per heavy atom. The molecular formula is C26H17F2NO4. The molecule has 0 saturated carbocycles. The van der Waals surface area contributed by atoms with Crippen LogP contribution in [0.25, 0.3) is 11.0 Å². The Morgan fingerprint density at radius 2 is 1.79 bits per heavy atom. The summed E-state index contributed by atoms with van der Waals surface area (Å²) < 4.78 is 34.4. The molecule has 5 rings (SSSR count). The van der Waals surface area contributed by atoms with Crippen LogP contribution in [0.5, 0.6) is 0 Å². The van der Waals surface area contributed by atoms with Crippen molar-refractivity contribution in [3.05, 3.63) is 113 Å². The molecule has 1 atom stereocenters. The molecule has 5 nitrogen and oxygen atoms in total. The number of Topliss-reactive ketones (excluding diaryl/α,β-unsaturated/α-hetero) is 1. The van der Waals surface area contributed by atoms with Gasteiger partial charge in [0.15, 0.2) is 11.5 Å². The number of fused-ring (bicyclic) bond motifs is 1. The van der Waals surface area contributed by atoms with Gasteiger partial charge in [0.1, 0.15) is 17.2 Å². The van der Waals surface area contributed by atoms with E-state index in [1.165, 1.54) is 6.07 Å². The van der Waals surface area contributed by atoms with E-state index in [2.05, 4.69) is 0 Å². The monoisotopic (exact) mass is 445 g/mol. The van der Waals surface area contributed by atoms with Crippen LogP contribution < -0.4 is 4.90 Å².